The molecule has 28 heavy (non-hydrogen) atoms. The lowest BCUT2D eigenvalue weighted by molar-refractivity contribution is -0.112. The van der Waals surface area contributed by atoms with Gasteiger partial charge in [0, 0.05) is 34.0 Å². The van der Waals surface area contributed by atoms with E-state index in [0.29, 0.717) is 5.02 Å². The van der Waals surface area contributed by atoms with Crippen molar-refractivity contribution in [2.75, 3.05) is 0 Å². The fourth-order valence-corrected chi connectivity index (χ4v) is 4.41. The molecule has 2 atom stereocenters. The van der Waals surface area contributed by atoms with Crippen LogP contribution >= 0.6 is 27.5 Å². The van der Waals surface area contributed by atoms with E-state index in [0.717, 1.165) is 33.5 Å². The molecule has 0 saturated carbocycles. The molecule has 0 amide bonds. The maximum Gasteiger partial charge on any atom is 0.221 e. The van der Waals surface area contributed by atoms with Gasteiger partial charge in [0.25, 0.3) is 0 Å². The van der Waals surface area contributed by atoms with Gasteiger partial charge in [-0.05, 0) is 35.9 Å². The number of hydrogen-bond donors (Lipinski definition) is 0. The molecule has 0 N–H and O–H groups in total. The summed E-state index contributed by atoms with van der Waals surface area (Å²) in [6.45, 7) is 2.08. The standard InChI is InChI=1S/C23H18BrClN2O/c1-23(16-8-12-18(25)13-9-16)27-21(19-4-2-3-5-22(19)28-23)14-20(26-27)15-6-10-17(24)11-7-15/h2-13,21H,14H2,1H3. The first kappa shape index (κ1) is 17.8. The maximum atomic E-state index is 6.53. The topological polar surface area (TPSA) is 24.8 Å². The van der Waals surface area contributed by atoms with Gasteiger partial charge in [0.05, 0.1) is 11.8 Å². The van der Waals surface area contributed by atoms with E-state index in [1.807, 2.05) is 36.4 Å². The Kier molecular flexibility index (Phi) is 4.22. The molecule has 2 heterocycles. The zero-order valence-electron chi connectivity index (χ0n) is 15.3. The molecule has 0 saturated heterocycles. The van der Waals surface area contributed by atoms with E-state index in [-0.39, 0.29) is 6.04 Å². The number of hydrazone groups is 1. The minimum absolute atomic E-state index is 0.129. The molecule has 3 aromatic carbocycles. The van der Waals surface area contributed by atoms with Crippen LogP contribution in [0.2, 0.25) is 5.02 Å². The zero-order valence-corrected chi connectivity index (χ0v) is 17.6. The normalized spacial score (nSPS) is 22.9. The summed E-state index contributed by atoms with van der Waals surface area (Å²) in [6.07, 6.45) is 0.838. The lowest BCUT2D eigenvalue weighted by atomic mass is 9.92. The Bertz CT molecular complexity index is 1060. The van der Waals surface area contributed by atoms with Crippen molar-refractivity contribution in [3.63, 3.8) is 0 Å². The summed E-state index contributed by atoms with van der Waals surface area (Å²) >= 11 is 9.63. The molecule has 0 bridgehead atoms. The van der Waals surface area contributed by atoms with Gasteiger partial charge in [-0.2, -0.15) is 5.10 Å². The van der Waals surface area contributed by atoms with Gasteiger partial charge >= 0.3 is 0 Å². The molecule has 0 radical (unpaired) electrons. The smallest absolute Gasteiger partial charge is 0.221 e. The molecule has 2 unspecified atom stereocenters. The molecule has 5 rings (SSSR count). The third kappa shape index (κ3) is 2.83. The van der Waals surface area contributed by atoms with Crippen molar-refractivity contribution < 1.29 is 4.74 Å². The van der Waals surface area contributed by atoms with Crippen LogP contribution in [0.4, 0.5) is 0 Å². The molecule has 0 fully saturated rings. The fraction of sp³-hybridized carbons (Fsp3) is 0.174. The molecular weight excluding hydrogens is 436 g/mol. The van der Waals surface area contributed by atoms with Gasteiger partial charge in [0.15, 0.2) is 0 Å². The number of para-hydroxylation sites is 1. The summed E-state index contributed by atoms with van der Waals surface area (Å²) in [5.41, 5.74) is 3.69. The second-order valence-corrected chi connectivity index (χ2v) is 8.60. The van der Waals surface area contributed by atoms with Crippen LogP contribution in [0.5, 0.6) is 5.75 Å². The fourth-order valence-electron chi connectivity index (χ4n) is 4.02. The van der Waals surface area contributed by atoms with E-state index in [2.05, 4.69) is 64.3 Å². The van der Waals surface area contributed by atoms with Crippen LogP contribution in [0, 0.1) is 0 Å². The average Bonchev–Trinajstić information content (AvgIpc) is 3.16. The Morgan fingerprint density at radius 2 is 1.75 bits per heavy atom. The first-order valence-corrected chi connectivity index (χ1v) is 10.4. The monoisotopic (exact) mass is 452 g/mol. The Labute approximate surface area is 177 Å². The summed E-state index contributed by atoms with van der Waals surface area (Å²) in [5.74, 6) is 0.911. The summed E-state index contributed by atoms with van der Waals surface area (Å²) in [6, 6.07) is 24.5. The van der Waals surface area contributed by atoms with E-state index >= 15 is 0 Å². The summed E-state index contributed by atoms with van der Waals surface area (Å²) in [4.78, 5) is 0. The first-order chi connectivity index (χ1) is 13.5. The van der Waals surface area contributed by atoms with Gasteiger partial charge in [-0.15, -0.1) is 0 Å². The zero-order chi connectivity index (χ0) is 19.3. The van der Waals surface area contributed by atoms with Crippen LogP contribution in [0.3, 0.4) is 0 Å². The molecule has 2 aliphatic heterocycles. The molecule has 0 aromatic heterocycles. The maximum absolute atomic E-state index is 6.53. The van der Waals surface area contributed by atoms with Gasteiger partial charge < -0.3 is 4.74 Å². The number of hydrogen-bond acceptors (Lipinski definition) is 3. The molecule has 0 spiro atoms. The molecule has 140 valence electrons. The van der Waals surface area contributed by atoms with E-state index in [1.54, 1.807) is 0 Å². The highest BCUT2D eigenvalue weighted by molar-refractivity contribution is 9.10. The van der Waals surface area contributed by atoms with Gasteiger partial charge in [-0.3, -0.25) is 0 Å². The third-order valence-corrected chi connectivity index (χ3v) is 6.27. The van der Waals surface area contributed by atoms with Crippen LogP contribution in [0.1, 0.15) is 36.1 Å². The molecule has 3 nitrogen and oxygen atoms in total. The van der Waals surface area contributed by atoms with Gasteiger partial charge in [-0.25, -0.2) is 5.01 Å². The van der Waals surface area contributed by atoms with Crippen molar-refractivity contribution in [2.24, 2.45) is 5.10 Å². The van der Waals surface area contributed by atoms with E-state index in [1.165, 1.54) is 5.56 Å². The molecule has 5 heteroatoms. The minimum atomic E-state index is -0.708. The molecule has 2 aliphatic rings. The number of rotatable bonds is 2. The summed E-state index contributed by atoms with van der Waals surface area (Å²) < 4.78 is 7.59. The van der Waals surface area contributed by atoms with Crippen molar-refractivity contribution in [1.29, 1.82) is 0 Å². The van der Waals surface area contributed by atoms with Gasteiger partial charge in [0.1, 0.15) is 5.75 Å². The van der Waals surface area contributed by atoms with Crippen LogP contribution in [-0.4, -0.2) is 10.7 Å². The van der Waals surface area contributed by atoms with Crippen molar-refractivity contribution in [3.05, 3.63) is 99.0 Å². The highest BCUT2D eigenvalue weighted by Crippen LogP contribution is 2.50. The van der Waals surface area contributed by atoms with Gasteiger partial charge in [-0.1, -0.05) is 70.0 Å². The highest BCUT2D eigenvalue weighted by atomic mass is 79.9. The quantitative estimate of drug-likeness (QED) is 0.441. The Balaban J connectivity index is 1.64. The molecule has 0 aliphatic carbocycles. The predicted molar refractivity (Wildman–Crippen MR) is 116 cm³/mol. The number of ether oxygens (including phenoxy) is 1. The molecule has 3 aromatic rings. The Morgan fingerprint density at radius 1 is 1.04 bits per heavy atom. The van der Waals surface area contributed by atoms with Crippen molar-refractivity contribution >= 4 is 33.2 Å². The number of benzene rings is 3. The highest BCUT2D eigenvalue weighted by Gasteiger charge is 2.48. The van der Waals surface area contributed by atoms with Crippen LogP contribution in [0.15, 0.2) is 82.4 Å². The van der Waals surface area contributed by atoms with Crippen molar-refractivity contribution in [1.82, 2.24) is 5.01 Å². The predicted octanol–water partition coefficient (Wildman–Crippen LogP) is 6.52. The minimum Gasteiger partial charge on any atom is -0.462 e. The number of nitrogens with zero attached hydrogens (tertiary/aromatic N) is 2. The average molecular weight is 454 g/mol. The number of fused-ring (bicyclic) bond motifs is 3. The van der Waals surface area contributed by atoms with E-state index in [9.17, 15) is 0 Å². The van der Waals surface area contributed by atoms with Gasteiger partial charge in [0.2, 0.25) is 5.72 Å². The first-order valence-electron chi connectivity index (χ1n) is 9.21. The second kappa shape index (κ2) is 6.64. The molecular formula is C23H18BrClN2O. The Hall–Kier alpha value is -2.30. The van der Waals surface area contributed by atoms with Crippen molar-refractivity contribution in [2.45, 2.75) is 25.1 Å². The lowest BCUT2D eigenvalue weighted by Crippen LogP contribution is -2.48. The van der Waals surface area contributed by atoms with E-state index in [4.69, 9.17) is 21.4 Å². The van der Waals surface area contributed by atoms with Crippen LogP contribution in [-0.2, 0) is 5.72 Å². The van der Waals surface area contributed by atoms with Crippen molar-refractivity contribution in [3.8, 4) is 5.75 Å². The number of halogens is 2. The van der Waals surface area contributed by atoms with Crippen LogP contribution < -0.4 is 4.74 Å². The summed E-state index contributed by atoms with van der Waals surface area (Å²) in [7, 11) is 0. The SMILES string of the molecule is CC1(c2ccc(Cl)cc2)Oc2ccccc2C2CC(c3ccc(Br)cc3)=NN21. The lowest BCUT2D eigenvalue weighted by Gasteiger charge is -2.46. The Morgan fingerprint density at radius 3 is 2.50 bits per heavy atom. The van der Waals surface area contributed by atoms with Crippen LogP contribution in [0.25, 0.3) is 0 Å². The summed E-state index contributed by atoms with van der Waals surface area (Å²) in [5, 5.41) is 7.85. The third-order valence-electron chi connectivity index (χ3n) is 5.49. The largest absolute Gasteiger partial charge is 0.462 e. The second-order valence-electron chi connectivity index (χ2n) is 7.25. The van der Waals surface area contributed by atoms with E-state index < -0.39 is 5.72 Å².